The third-order valence-electron chi connectivity index (χ3n) is 7.52. The highest BCUT2D eigenvalue weighted by atomic mass is 35.5. The molecule has 3 N–H and O–H groups in total. The second-order valence-electron chi connectivity index (χ2n) is 11.2. The van der Waals surface area contributed by atoms with Crippen molar-refractivity contribution >= 4 is 23.2 Å². The number of aromatic nitrogens is 4. The average molecular weight is 645 g/mol. The van der Waals surface area contributed by atoms with Crippen molar-refractivity contribution in [3.8, 4) is 34.0 Å². The van der Waals surface area contributed by atoms with Gasteiger partial charge in [0.2, 0.25) is 0 Å². The van der Waals surface area contributed by atoms with Crippen LogP contribution in [0.4, 0.5) is 10.2 Å². The molecular weight excluding hydrogens is 611 g/mol. The third kappa shape index (κ3) is 6.86. The maximum Gasteiger partial charge on any atom is 0.282 e. The summed E-state index contributed by atoms with van der Waals surface area (Å²) >= 11 is 6.13. The molecule has 46 heavy (non-hydrogen) atoms. The largest absolute Gasteiger partial charge is 0.488 e. The number of hydrogen-bond donors (Lipinski definition) is 2. The molecule has 0 fully saturated rings. The molecule has 0 aliphatic rings. The molecule has 5 aromatic rings. The van der Waals surface area contributed by atoms with Crippen LogP contribution in [0.25, 0.3) is 28.2 Å². The van der Waals surface area contributed by atoms with Crippen LogP contribution in [-0.4, -0.2) is 68.5 Å². The number of halogens is 2. The fourth-order valence-corrected chi connectivity index (χ4v) is 5.39. The number of anilines is 1. The summed E-state index contributed by atoms with van der Waals surface area (Å²) in [7, 11) is 5.36. The van der Waals surface area contributed by atoms with Gasteiger partial charge in [0, 0.05) is 41.9 Å². The second kappa shape index (κ2) is 13.7. The standard InChI is InChI=1S/C34H34ClFN6O4/c1-20-30(34(45)42(41(20)4)24-8-5-7-23(35)16-24)28(44)15-21-11-13-22(14-12-21)32-33(37)38-17-27(39-32)26-9-6-10-29(31(26)36)46-19-25(43)18-40(2)3/h5-14,16-17,25,43H,15,18-19H2,1-4H3,(H2,37,38). The van der Waals surface area contributed by atoms with Crippen molar-refractivity contribution in [2.75, 3.05) is 33.0 Å². The number of ether oxygens (including phenoxy) is 1. The highest BCUT2D eigenvalue weighted by Crippen LogP contribution is 2.31. The minimum absolute atomic E-state index is 0.00162. The number of benzene rings is 3. The SMILES string of the molecule is Cc1c(C(=O)Cc2ccc(-c3nc(-c4cccc(OCC(O)CN(C)C)c4F)cnc3N)cc2)c(=O)n(-c2cccc(Cl)c2)n1C. The van der Waals surface area contributed by atoms with Crippen molar-refractivity contribution in [1.82, 2.24) is 24.2 Å². The van der Waals surface area contributed by atoms with E-state index in [4.69, 9.17) is 22.1 Å². The highest BCUT2D eigenvalue weighted by Gasteiger charge is 2.23. The monoisotopic (exact) mass is 644 g/mol. The molecule has 0 aliphatic heterocycles. The maximum atomic E-state index is 15.4. The van der Waals surface area contributed by atoms with E-state index in [-0.39, 0.29) is 47.2 Å². The van der Waals surface area contributed by atoms with Gasteiger partial charge in [0.05, 0.1) is 17.6 Å². The minimum Gasteiger partial charge on any atom is -0.488 e. The molecule has 1 atom stereocenters. The lowest BCUT2D eigenvalue weighted by atomic mass is 10.0. The molecule has 0 amide bonds. The normalized spacial score (nSPS) is 12.0. The number of likely N-dealkylation sites (N-methyl/N-ethyl adjacent to an activating group) is 1. The van der Waals surface area contributed by atoms with Gasteiger partial charge in [0.25, 0.3) is 5.56 Å². The number of nitrogens with two attached hydrogens (primary N) is 1. The number of hydrogen-bond acceptors (Lipinski definition) is 8. The summed E-state index contributed by atoms with van der Waals surface area (Å²) in [5.74, 6) is -0.824. The lowest BCUT2D eigenvalue weighted by molar-refractivity contribution is 0.0814. The van der Waals surface area contributed by atoms with Crippen molar-refractivity contribution in [3.63, 3.8) is 0 Å². The first-order valence-corrected chi connectivity index (χ1v) is 14.9. The van der Waals surface area contributed by atoms with Gasteiger partial charge in [0.15, 0.2) is 17.3 Å². The van der Waals surface area contributed by atoms with Gasteiger partial charge in [-0.3, -0.25) is 14.3 Å². The molecule has 0 radical (unpaired) electrons. The Morgan fingerprint density at radius 2 is 1.85 bits per heavy atom. The number of aliphatic hydroxyl groups is 1. The fraction of sp³-hybridized carbons (Fsp3) is 0.235. The zero-order chi connectivity index (χ0) is 33.1. The molecule has 12 heteroatoms. The van der Waals surface area contributed by atoms with E-state index >= 15 is 4.39 Å². The van der Waals surface area contributed by atoms with Crippen LogP contribution in [0.3, 0.4) is 0 Å². The zero-order valence-corrected chi connectivity index (χ0v) is 26.6. The number of carbonyl (C=O) groups excluding carboxylic acids is 1. The van der Waals surface area contributed by atoms with Gasteiger partial charge in [-0.15, -0.1) is 0 Å². The maximum absolute atomic E-state index is 15.4. The van der Waals surface area contributed by atoms with Crippen LogP contribution >= 0.6 is 11.6 Å². The predicted octanol–water partition coefficient (Wildman–Crippen LogP) is 4.71. The third-order valence-corrected chi connectivity index (χ3v) is 7.76. The lowest BCUT2D eigenvalue weighted by Crippen LogP contribution is -2.30. The van der Waals surface area contributed by atoms with Crippen LogP contribution in [0, 0.1) is 12.7 Å². The van der Waals surface area contributed by atoms with Crippen molar-refractivity contribution in [3.05, 3.63) is 111 Å². The van der Waals surface area contributed by atoms with Crippen LogP contribution in [-0.2, 0) is 13.5 Å². The topological polar surface area (TPSA) is 129 Å². The summed E-state index contributed by atoms with van der Waals surface area (Å²) in [6.07, 6.45) is 0.592. The first kappa shape index (κ1) is 32.6. The van der Waals surface area contributed by atoms with Gasteiger partial charge in [-0.05, 0) is 56.9 Å². The summed E-state index contributed by atoms with van der Waals surface area (Å²) in [6, 6.07) is 18.5. The molecule has 10 nitrogen and oxygen atoms in total. The molecule has 0 spiro atoms. The number of carbonyl (C=O) groups is 1. The summed E-state index contributed by atoms with van der Waals surface area (Å²) in [4.78, 5) is 37.3. The summed E-state index contributed by atoms with van der Waals surface area (Å²) < 4.78 is 24.0. The van der Waals surface area contributed by atoms with E-state index in [2.05, 4.69) is 9.97 Å². The summed E-state index contributed by atoms with van der Waals surface area (Å²) in [6.45, 7) is 2.02. The molecule has 0 aliphatic carbocycles. The number of aliphatic hydroxyl groups excluding tert-OH is 1. The van der Waals surface area contributed by atoms with Crippen molar-refractivity contribution in [2.24, 2.45) is 7.05 Å². The van der Waals surface area contributed by atoms with Crippen LogP contribution in [0.5, 0.6) is 5.75 Å². The Kier molecular flexibility index (Phi) is 9.66. The molecular formula is C34H34ClFN6O4. The molecule has 3 aromatic carbocycles. The van der Waals surface area contributed by atoms with Gasteiger partial charge in [-0.25, -0.2) is 19.0 Å². The molecule has 0 saturated carbocycles. The van der Waals surface area contributed by atoms with Crippen molar-refractivity contribution in [2.45, 2.75) is 19.4 Å². The molecule has 2 heterocycles. The lowest BCUT2D eigenvalue weighted by Gasteiger charge is -2.17. The molecule has 2 aromatic heterocycles. The van der Waals surface area contributed by atoms with Gasteiger partial charge >= 0.3 is 0 Å². The Hall–Kier alpha value is -4.84. The van der Waals surface area contributed by atoms with Crippen LogP contribution in [0.1, 0.15) is 21.6 Å². The van der Waals surface area contributed by atoms with Crippen LogP contribution in [0.15, 0.2) is 77.7 Å². The summed E-state index contributed by atoms with van der Waals surface area (Å²) in [5, 5.41) is 10.6. The molecule has 0 bridgehead atoms. The Bertz CT molecular complexity index is 1950. The smallest absolute Gasteiger partial charge is 0.282 e. The van der Waals surface area contributed by atoms with Gasteiger partial charge in [0.1, 0.15) is 29.8 Å². The van der Waals surface area contributed by atoms with Crippen molar-refractivity contribution in [1.29, 1.82) is 0 Å². The zero-order valence-electron chi connectivity index (χ0n) is 25.9. The summed E-state index contributed by atoms with van der Waals surface area (Å²) in [5.41, 5.74) is 8.99. The molecule has 0 saturated heterocycles. The Balaban J connectivity index is 1.36. The van der Waals surface area contributed by atoms with E-state index in [0.717, 1.165) is 0 Å². The van der Waals surface area contributed by atoms with E-state index in [1.165, 1.54) is 16.9 Å². The van der Waals surface area contributed by atoms with E-state index in [1.807, 2.05) is 14.1 Å². The minimum atomic E-state index is -0.788. The first-order chi connectivity index (χ1) is 21.9. The van der Waals surface area contributed by atoms with Crippen LogP contribution in [0.2, 0.25) is 5.02 Å². The number of ketones is 1. The number of nitrogens with zero attached hydrogens (tertiary/aromatic N) is 5. The average Bonchev–Trinajstić information content (AvgIpc) is 3.24. The number of Topliss-reactive ketones (excluding diaryl/α,β-unsaturated/α-hetero) is 1. The second-order valence-corrected chi connectivity index (χ2v) is 11.6. The fourth-order valence-electron chi connectivity index (χ4n) is 5.20. The quantitative estimate of drug-likeness (QED) is 0.198. The molecule has 238 valence electrons. The van der Waals surface area contributed by atoms with Crippen molar-refractivity contribution < 1.29 is 19.0 Å². The first-order valence-electron chi connectivity index (χ1n) is 14.5. The Morgan fingerprint density at radius 3 is 2.54 bits per heavy atom. The number of nitrogen functional groups attached to an aromatic ring is 1. The van der Waals surface area contributed by atoms with E-state index in [1.54, 1.807) is 84.2 Å². The highest BCUT2D eigenvalue weighted by molar-refractivity contribution is 6.30. The van der Waals surface area contributed by atoms with Gasteiger partial charge < -0.3 is 20.5 Å². The van der Waals surface area contributed by atoms with E-state index in [0.29, 0.717) is 39.8 Å². The van der Waals surface area contributed by atoms with Gasteiger partial charge in [-0.1, -0.05) is 48.0 Å². The molecule has 5 rings (SSSR count). The number of rotatable bonds is 11. The predicted molar refractivity (Wildman–Crippen MR) is 176 cm³/mol. The Labute approximate surface area is 270 Å². The van der Waals surface area contributed by atoms with E-state index in [9.17, 15) is 14.7 Å². The Morgan fingerprint density at radius 1 is 1.13 bits per heavy atom. The van der Waals surface area contributed by atoms with Gasteiger partial charge in [-0.2, -0.15) is 0 Å². The van der Waals surface area contributed by atoms with E-state index < -0.39 is 17.5 Å². The van der Waals surface area contributed by atoms with Crippen LogP contribution < -0.4 is 16.0 Å². The molecule has 1 unspecified atom stereocenters.